The van der Waals surface area contributed by atoms with Crippen LogP contribution in [0.1, 0.15) is 16.7 Å². The summed E-state index contributed by atoms with van der Waals surface area (Å²) in [4.78, 5) is 2.37. The van der Waals surface area contributed by atoms with Gasteiger partial charge < -0.3 is 10.8 Å². The molecule has 0 fully saturated rings. The summed E-state index contributed by atoms with van der Waals surface area (Å²) >= 11 is 0. The normalized spacial score (nSPS) is 10.9. The molecule has 3 N–H and O–H groups in total. The van der Waals surface area contributed by atoms with E-state index in [1.807, 2.05) is 24.3 Å². The first-order valence-corrected chi connectivity index (χ1v) is 8.08. The number of nitrogens with two attached hydrogens (primary N) is 1. The van der Waals surface area contributed by atoms with Crippen LogP contribution in [0.15, 0.2) is 78.9 Å². The van der Waals surface area contributed by atoms with Crippen molar-refractivity contribution in [2.24, 2.45) is 0 Å². The molecular weight excluding hydrogens is 296 g/mol. The van der Waals surface area contributed by atoms with Crippen LogP contribution in [0.2, 0.25) is 0 Å². The molecular formula is C21H22N2O. The van der Waals surface area contributed by atoms with E-state index in [2.05, 4.69) is 53.4 Å². The molecule has 0 saturated heterocycles. The Morgan fingerprint density at radius 2 is 1.17 bits per heavy atom. The minimum Gasteiger partial charge on any atom is -0.506 e. The van der Waals surface area contributed by atoms with E-state index in [1.165, 1.54) is 11.1 Å². The van der Waals surface area contributed by atoms with E-state index in [4.69, 9.17) is 5.73 Å². The molecule has 3 heteroatoms. The van der Waals surface area contributed by atoms with Crippen molar-refractivity contribution in [1.82, 2.24) is 4.90 Å². The fourth-order valence-electron chi connectivity index (χ4n) is 2.81. The van der Waals surface area contributed by atoms with Crippen LogP contribution in [-0.2, 0) is 19.6 Å². The fraction of sp³-hybridized carbons (Fsp3) is 0.143. The molecule has 0 saturated carbocycles. The molecule has 0 aromatic heterocycles. The van der Waals surface area contributed by atoms with Gasteiger partial charge in [0.2, 0.25) is 0 Å². The number of phenolic OH excluding ortho intramolecular Hbond substituents is 1. The van der Waals surface area contributed by atoms with E-state index < -0.39 is 0 Å². The lowest BCUT2D eigenvalue weighted by molar-refractivity contribution is 0.247. The molecule has 0 aliphatic carbocycles. The molecule has 0 unspecified atom stereocenters. The first-order chi connectivity index (χ1) is 11.7. The lowest BCUT2D eigenvalue weighted by atomic mass is 10.1. The van der Waals surface area contributed by atoms with Crippen molar-refractivity contribution in [2.75, 3.05) is 5.73 Å². The number of nitrogen functional groups attached to an aromatic ring is 1. The maximum atomic E-state index is 9.61. The number of aromatic hydroxyl groups is 1. The van der Waals surface area contributed by atoms with Gasteiger partial charge in [-0.2, -0.15) is 0 Å². The van der Waals surface area contributed by atoms with Crippen molar-refractivity contribution < 1.29 is 5.11 Å². The summed E-state index contributed by atoms with van der Waals surface area (Å²) in [6.45, 7) is 2.49. The average molecular weight is 318 g/mol. The van der Waals surface area contributed by atoms with Crippen LogP contribution < -0.4 is 5.73 Å². The van der Waals surface area contributed by atoms with Crippen LogP contribution in [0.4, 0.5) is 5.69 Å². The van der Waals surface area contributed by atoms with Gasteiger partial charge in [0, 0.05) is 19.6 Å². The SMILES string of the molecule is Nc1cc(CN(Cc2ccccc2)Cc2ccccc2)ccc1O. The third-order valence-corrected chi connectivity index (χ3v) is 4.00. The van der Waals surface area contributed by atoms with Gasteiger partial charge in [-0.25, -0.2) is 0 Å². The predicted molar refractivity (Wildman–Crippen MR) is 98.4 cm³/mol. The third-order valence-electron chi connectivity index (χ3n) is 4.00. The summed E-state index contributed by atoms with van der Waals surface area (Å²) < 4.78 is 0. The first kappa shape index (κ1) is 16.1. The molecule has 0 atom stereocenters. The molecule has 24 heavy (non-hydrogen) atoms. The third kappa shape index (κ3) is 4.37. The van der Waals surface area contributed by atoms with E-state index in [0.29, 0.717) is 5.69 Å². The number of rotatable bonds is 6. The topological polar surface area (TPSA) is 49.5 Å². The van der Waals surface area contributed by atoms with Gasteiger partial charge in [0.25, 0.3) is 0 Å². The van der Waals surface area contributed by atoms with Gasteiger partial charge in [-0.3, -0.25) is 4.90 Å². The standard InChI is InChI=1S/C21H22N2O/c22-20-13-19(11-12-21(20)24)16-23(14-17-7-3-1-4-8-17)15-18-9-5-2-6-10-18/h1-13,24H,14-16,22H2. The molecule has 0 amide bonds. The smallest absolute Gasteiger partial charge is 0.138 e. The Balaban J connectivity index is 1.79. The molecule has 3 nitrogen and oxygen atoms in total. The number of anilines is 1. The Hall–Kier alpha value is -2.78. The average Bonchev–Trinajstić information content (AvgIpc) is 2.60. The molecule has 0 heterocycles. The van der Waals surface area contributed by atoms with Crippen LogP contribution >= 0.6 is 0 Å². The molecule has 0 spiro atoms. The maximum absolute atomic E-state index is 9.61. The van der Waals surface area contributed by atoms with E-state index in [0.717, 1.165) is 25.2 Å². The Bertz CT molecular complexity index is 731. The highest BCUT2D eigenvalue weighted by atomic mass is 16.3. The van der Waals surface area contributed by atoms with Gasteiger partial charge in [-0.1, -0.05) is 66.7 Å². The van der Waals surface area contributed by atoms with Crippen LogP contribution in [0.25, 0.3) is 0 Å². The number of hydrogen-bond acceptors (Lipinski definition) is 3. The predicted octanol–water partition coefficient (Wildman–Crippen LogP) is 4.18. The fourth-order valence-corrected chi connectivity index (χ4v) is 2.81. The molecule has 0 aliphatic rings. The molecule has 122 valence electrons. The van der Waals surface area contributed by atoms with Crippen LogP contribution in [0.3, 0.4) is 0 Å². The van der Waals surface area contributed by atoms with Crippen LogP contribution in [0.5, 0.6) is 5.75 Å². The molecule has 3 rings (SSSR count). The van der Waals surface area contributed by atoms with Gasteiger partial charge in [0.15, 0.2) is 0 Å². The second kappa shape index (κ2) is 7.66. The zero-order valence-corrected chi connectivity index (χ0v) is 13.6. The zero-order valence-electron chi connectivity index (χ0n) is 13.6. The largest absolute Gasteiger partial charge is 0.506 e. The highest BCUT2D eigenvalue weighted by molar-refractivity contribution is 5.53. The van der Waals surface area contributed by atoms with Gasteiger partial charge in [-0.15, -0.1) is 0 Å². The quantitative estimate of drug-likeness (QED) is 0.529. The van der Waals surface area contributed by atoms with E-state index >= 15 is 0 Å². The first-order valence-electron chi connectivity index (χ1n) is 8.08. The Kier molecular flexibility index (Phi) is 5.14. The minimum atomic E-state index is 0.136. The summed E-state index contributed by atoms with van der Waals surface area (Å²) in [6.07, 6.45) is 0. The summed E-state index contributed by atoms with van der Waals surface area (Å²) in [5.41, 5.74) is 9.91. The van der Waals surface area contributed by atoms with Crippen molar-refractivity contribution in [1.29, 1.82) is 0 Å². The van der Waals surface area contributed by atoms with E-state index in [-0.39, 0.29) is 5.75 Å². The number of hydrogen-bond donors (Lipinski definition) is 2. The summed E-state index contributed by atoms with van der Waals surface area (Å²) in [7, 11) is 0. The second-order valence-electron chi connectivity index (χ2n) is 6.01. The lowest BCUT2D eigenvalue weighted by Gasteiger charge is -2.23. The Labute approximate surface area is 143 Å². The molecule has 0 radical (unpaired) electrons. The number of phenols is 1. The van der Waals surface area contributed by atoms with Crippen molar-refractivity contribution in [2.45, 2.75) is 19.6 Å². The molecule has 3 aromatic rings. The van der Waals surface area contributed by atoms with Crippen molar-refractivity contribution >= 4 is 5.69 Å². The van der Waals surface area contributed by atoms with Crippen molar-refractivity contribution in [3.63, 3.8) is 0 Å². The maximum Gasteiger partial charge on any atom is 0.138 e. The Morgan fingerprint density at radius 3 is 1.67 bits per heavy atom. The minimum absolute atomic E-state index is 0.136. The molecule has 0 aliphatic heterocycles. The van der Waals surface area contributed by atoms with Gasteiger partial charge in [0.05, 0.1) is 5.69 Å². The van der Waals surface area contributed by atoms with Gasteiger partial charge in [0.1, 0.15) is 5.75 Å². The summed E-state index contributed by atoms with van der Waals surface area (Å²) in [5.74, 6) is 0.136. The van der Waals surface area contributed by atoms with Crippen LogP contribution in [0, 0.1) is 0 Å². The van der Waals surface area contributed by atoms with Gasteiger partial charge in [-0.05, 0) is 28.8 Å². The zero-order chi connectivity index (χ0) is 16.8. The molecule has 0 bridgehead atoms. The summed E-state index contributed by atoms with van der Waals surface area (Å²) in [5, 5.41) is 9.61. The number of benzene rings is 3. The lowest BCUT2D eigenvalue weighted by Crippen LogP contribution is -2.22. The van der Waals surface area contributed by atoms with Crippen LogP contribution in [-0.4, -0.2) is 10.0 Å². The van der Waals surface area contributed by atoms with Gasteiger partial charge >= 0.3 is 0 Å². The monoisotopic (exact) mass is 318 g/mol. The van der Waals surface area contributed by atoms with E-state index in [9.17, 15) is 5.11 Å². The highest BCUT2D eigenvalue weighted by Crippen LogP contribution is 2.22. The van der Waals surface area contributed by atoms with Crippen molar-refractivity contribution in [3.8, 4) is 5.75 Å². The highest BCUT2D eigenvalue weighted by Gasteiger charge is 2.09. The van der Waals surface area contributed by atoms with Crippen molar-refractivity contribution in [3.05, 3.63) is 95.6 Å². The molecule has 3 aromatic carbocycles. The number of nitrogens with zero attached hydrogens (tertiary/aromatic N) is 1. The Morgan fingerprint density at radius 1 is 0.667 bits per heavy atom. The summed E-state index contributed by atoms with van der Waals surface area (Å²) in [6, 6.07) is 26.3. The van der Waals surface area contributed by atoms with E-state index in [1.54, 1.807) is 6.07 Å². The second-order valence-corrected chi connectivity index (χ2v) is 6.01.